The number of hydrogen-bond donors (Lipinski definition) is 0. The van der Waals surface area contributed by atoms with Gasteiger partial charge in [0.15, 0.2) is 5.69 Å². The number of carbonyl (C=O) groups is 2. The molecule has 0 spiro atoms. The van der Waals surface area contributed by atoms with E-state index in [1.807, 2.05) is 43.7 Å². The molecule has 2 aliphatic heterocycles. The van der Waals surface area contributed by atoms with E-state index in [1.54, 1.807) is 4.68 Å². The molecule has 162 valence electrons. The van der Waals surface area contributed by atoms with Crippen LogP contribution in [0.3, 0.4) is 0 Å². The van der Waals surface area contributed by atoms with E-state index < -0.39 is 0 Å². The Morgan fingerprint density at radius 1 is 1.03 bits per heavy atom. The molecule has 0 aromatic carbocycles. The molecule has 0 N–H and O–H groups in total. The van der Waals surface area contributed by atoms with Gasteiger partial charge < -0.3 is 14.4 Å². The van der Waals surface area contributed by atoms with Crippen LogP contribution in [-0.4, -0.2) is 72.3 Å². The van der Waals surface area contributed by atoms with Crippen molar-refractivity contribution in [3.8, 4) is 0 Å². The Balaban J connectivity index is 1.40. The predicted molar refractivity (Wildman–Crippen MR) is 111 cm³/mol. The molecule has 0 unspecified atom stereocenters. The zero-order valence-electron chi connectivity index (χ0n) is 18.3. The Morgan fingerprint density at radius 2 is 1.77 bits per heavy atom. The number of fused-ring (bicyclic) bond motifs is 1. The van der Waals surface area contributed by atoms with Gasteiger partial charge >= 0.3 is 0 Å². The lowest BCUT2D eigenvalue weighted by Crippen LogP contribution is -2.39. The quantitative estimate of drug-likeness (QED) is 0.758. The van der Waals surface area contributed by atoms with Gasteiger partial charge in [-0.25, -0.2) is 0 Å². The number of likely N-dealkylation sites (tertiary alicyclic amines) is 1. The standard InChI is InChI=1S/C21H31N7O2/c1-14(2)20(29)27-10-7-18-22-23-19(28(18)12-11-27)16-5-8-26(9-6-16)21(30)17-13-15(3)25(4)24-17/h13-14,16H,5-12H2,1-4H3. The lowest BCUT2D eigenvalue weighted by Gasteiger charge is -2.31. The number of rotatable bonds is 3. The third-order valence-electron chi connectivity index (χ3n) is 6.34. The maximum absolute atomic E-state index is 12.8. The summed E-state index contributed by atoms with van der Waals surface area (Å²) in [5, 5.41) is 13.3. The molecule has 4 rings (SSSR count). The summed E-state index contributed by atoms with van der Waals surface area (Å²) < 4.78 is 3.94. The normalized spacial score (nSPS) is 17.9. The van der Waals surface area contributed by atoms with E-state index >= 15 is 0 Å². The van der Waals surface area contributed by atoms with E-state index in [1.165, 1.54) is 0 Å². The molecule has 30 heavy (non-hydrogen) atoms. The summed E-state index contributed by atoms with van der Waals surface area (Å²) in [6, 6.07) is 1.84. The Hall–Kier alpha value is -2.71. The largest absolute Gasteiger partial charge is 0.340 e. The number of amides is 2. The van der Waals surface area contributed by atoms with E-state index in [0.717, 1.165) is 43.1 Å². The monoisotopic (exact) mass is 413 g/mol. The zero-order chi connectivity index (χ0) is 21.4. The smallest absolute Gasteiger partial charge is 0.274 e. The molecule has 9 nitrogen and oxygen atoms in total. The summed E-state index contributed by atoms with van der Waals surface area (Å²) in [6.45, 7) is 9.36. The number of nitrogens with zero attached hydrogens (tertiary/aromatic N) is 7. The van der Waals surface area contributed by atoms with E-state index in [-0.39, 0.29) is 23.7 Å². The van der Waals surface area contributed by atoms with Crippen LogP contribution in [-0.2, 0) is 24.8 Å². The third kappa shape index (κ3) is 3.85. The van der Waals surface area contributed by atoms with Crippen LogP contribution in [0.5, 0.6) is 0 Å². The second kappa shape index (κ2) is 8.20. The molecule has 0 saturated carbocycles. The predicted octanol–water partition coefficient (Wildman–Crippen LogP) is 1.38. The summed E-state index contributed by atoms with van der Waals surface area (Å²) in [6.07, 6.45) is 2.47. The van der Waals surface area contributed by atoms with Crippen LogP contribution in [0.1, 0.15) is 60.4 Å². The molecule has 2 aliphatic rings. The van der Waals surface area contributed by atoms with E-state index in [0.29, 0.717) is 31.9 Å². The van der Waals surface area contributed by atoms with Crippen LogP contribution in [0, 0.1) is 12.8 Å². The summed E-state index contributed by atoms with van der Waals surface area (Å²) >= 11 is 0. The van der Waals surface area contributed by atoms with Gasteiger partial charge in [-0.3, -0.25) is 14.3 Å². The number of piperidine rings is 1. The first kappa shape index (κ1) is 20.6. The fourth-order valence-electron chi connectivity index (χ4n) is 4.40. The van der Waals surface area contributed by atoms with E-state index in [4.69, 9.17) is 0 Å². The molecule has 4 heterocycles. The van der Waals surface area contributed by atoms with Crippen molar-refractivity contribution in [3.63, 3.8) is 0 Å². The minimum Gasteiger partial charge on any atom is -0.340 e. The molecule has 0 bridgehead atoms. The van der Waals surface area contributed by atoms with Crippen molar-refractivity contribution in [3.05, 3.63) is 29.1 Å². The van der Waals surface area contributed by atoms with Gasteiger partial charge in [0.1, 0.15) is 11.6 Å². The fraction of sp³-hybridized carbons (Fsp3) is 0.667. The van der Waals surface area contributed by atoms with Gasteiger partial charge in [-0.2, -0.15) is 5.10 Å². The van der Waals surface area contributed by atoms with Gasteiger partial charge in [-0.05, 0) is 25.8 Å². The summed E-state index contributed by atoms with van der Waals surface area (Å²) in [5.74, 6) is 2.47. The zero-order valence-corrected chi connectivity index (χ0v) is 18.3. The van der Waals surface area contributed by atoms with Crippen LogP contribution >= 0.6 is 0 Å². The maximum Gasteiger partial charge on any atom is 0.274 e. The van der Waals surface area contributed by atoms with E-state index in [9.17, 15) is 9.59 Å². The minimum atomic E-state index is 0.0000573. The first-order valence-electron chi connectivity index (χ1n) is 10.9. The highest BCUT2D eigenvalue weighted by atomic mass is 16.2. The maximum atomic E-state index is 12.8. The van der Waals surface area contributed by atoms with Crippen molar-refractivity contribution < 1.29 is 9.59 Å². The van der Waals surface area contributed by atoms with Crippen molar-refractivity contribution in [1.82, 2.24) is 34.3 Å². The van der Waals surface area contributed by atoms with Gasteiger partial charge in [0, 0.05) is 63.7 Å². The topological polar surface area (TPSA) is 89.2 Å². The molecule has 2 aromatic heterocycles. The number of aromatic nitrogens is 5. The number of hydrogen-bond acceptors (Lipinski definition) is 5. The summed E-state index contributed by atoms with van der Waals surface area (Å²) in [4.78, 5) is 29.0. The Labute approximate surface area is 177 Å². The SMILES string of the molecule is Cc1cc(C(=O)N2CCC(c3nnc4n3CCN(C(=O)C(C)C)CC4)CC2)nn1C. The molecular formula is C21H31N7O2. The van der Waals surface area contributed by atoms with Gasteiger partial charge in [0.25, 0.3) is 5.91 Å². The van der Waals surface area contributed by atoms with Gasteiger partial charge in [0.2, 0.25) is 5.91 Å². The molecule has 2 aromatic rings. The van der Waals surface area contributed by atoms with Crippen LogP contribution in [0.15, 0.2) is 6.07 Å². The van der Waals surface area contributed by atoms with Crippen molar-refractivity contribution in [1.29, 1.82) is 0 Å². The average molecular weight is 414 g/mol. The lowest BCUT2D eigenvalue weighted by atomic mass is 9.95. The van der Waals surface area contributed by atoms with Crippen molar-refractivity contribution in [2.24, 2.45) is 13.0 Å². The number of aryl methyl sites for hydroxylation is 2. The van der Waals surface area contributed by atoms with Crippen LogP contribution in [0.25, 0.3) is 0 Å². The third-order valence-corrected chi connectivity index (χ3v) is 6.34. The van der Waals surface area contributed by atoms with Crippen molar-refractivity contribution in [2.75, 3.05) is 26.2 Å². The van der Waals surface area contributed by atoms with Crippen LogP contribution in [0.2, 0.25) is 0 Å². The molecule has 9 heteroatoms. The first-order chi connectivity index (χ1) is 14.3. The highest BCUT2D eigenvalue weighted by Gasteiger charge is 2.31. The van der Waals surface area contributed by atoms with Crippen LogP contribution < -0.4 is 0 Å². The highest BCUT2D eigenvalue weighted by molar-refractivity contribution is 5.92. The second-order valence-electron chi connectivity index (χ2n) is 8.72. The Morgan fingerprint density at radius 3 is 2.40 bits per heavy atom. The van der Waals surface area contributed by atoms with Crippen molar-refractivity contribution in [2.45, 2.75) is 52.5 Å². The molecule has 1 fully saturated rings. The first-order valence-corrected chi connectivity index (χ1v) is 10.9. The average Bonchev–Trinajstić information content (AvgIpc) is 3.22. The molecule has 1 saturated heterocycles. The molecule has 2 amide bonds. The molecular weight excluding hydrogens is 382 g/mol. The number of carbonyl (C=O) groups excluding carboxylic acids is 2. The van der Waals surface area contributed by atoms with E-state index in [2.05, 4.69) is 19.9 Å². The van der Waals surface area contributed by atoms with Gasteiger partial charge in [-0.15, -0.1) is 10.2 Å². The van der Waals surface area contributed by atoms with Crippen molar-refractivity contribution >= 4 is 11.8 Å². The summed E-state index contributed by atoms with van der Waals surface area (Å²) in [7, 11) is 1.85. The minimum absolute atomic E-state index is 0.0000573. The molecule has 0 atom stereocenters. The van der Waals surface area contributed by atoms with Crippen LogP contribution in [0.4, 0.5) is 0 Å². The second-order valence-corrected chi connectivity index (χ2v) is 8.72. The Bertz CT molecular complexity index is 918. The van der Waals surface area contributed by atoms with Gasteiger partial charge in [0.05, 0.1) is 0 Å². The Kier molecular flexibility index (Phi) is 5.62. The summed E-state index contributed by atoms with van der Waals surface area (Å²) in [5.41, 5.74) is 1.49. The highest BCUT2D eigenvalue weighted by Crippen LogP contribution is 2.29. The lowest BCUT2D eigenvalue weighted by molar-refractivity contribution is -0.134. The molecule has 0 aliphatic carbocycles. The van der Waals surface area contributed by atoms with Gasteiger partial charge in [-0.1, -0.05) is 13.8 Å². The fourth-order valence-corrected chi connectivity index (χ4v) is 4.40. The molecule has 0 radical (unpaired) electrons.